The Hall–Kier alpha value is -1.41. The van der Waals surface area contributed by atoms with Crippen molar-refractivity contribution in [3.05, 3.63) is 48.0 Å². The number of anilines is 2. The van der Waals surface area contributed by atoms with Gasteiger partial charge in [0, 0.05) is 11.2 Å². The van der Waals surface area contributed by atoms with Crippen LogP contribution in [0.2, 0.25) is 0 Å². The van der Waals surface area contributed by atoms with Gasteiger partial charge in [-0.2, -0.15) is 0 Å². The van der Waals surface area contributed by atoms with Crippen molar-refractivity contribution in [2.24, 2.45) is 0 Å². The minimum Gasteiger partial charge on any atom is -0.354 e. The third-order valence-corrected chi connectivity index (χ3v) is 3.66. The lowest BCUT2D eigenvalue weighted by Gasteiger charge is -2.20. The summed E-state index contributed by atoms with van der Waals surface area (Å²) in [6.07, 6.45) is 0. The van der Waals surface area contributed by atoms with Gasteiger partial charge in [0.15, 0.2) is 0 Å². The molecule has 0 radical (unpaired) electrons. The monoisotopic (exact) mass is 245 g/mol. The molecule has 2 aromatic carbocycles. The normalized spacial score (nSPS) is 11.5. The Morgan fingerprint density at radius 3 is 2.47 bits per heavy atom. The van der Waals surface area contributed by atoms with E-state index >= 15 is 0 Å². The van der Waals surface area contributed by atoms with E-state index in [9.17, 15) is 0 Å². The van der Waals surface area contributed by atoms with Gasteiger partial charge < -0.3 is 5.32 Å². The molecule has 2 aromatic rings. The largest absolute Gasteiger partial charge is 0.354 e. The van der Waals surface area contributed by atoms with Crippen LogP contribution in [0.5, 0.6) is 0 Å². The first-order valence-corrected chi connectivity index (χ1v) is 6.79. The topological polar surface area (TPSA) is 12.0 Å². The smallest absolute Gasteiger partial charge is 0.0529 e. The SMILES string of the molecule is CC.Cc1ccc2c(c1)Nc1ccccc1S2.[HH]. The van der Waals surface area contributed by atoms with Crippen molar-refractivity contribution >= 4 is 23.1 Å². The van der Waals surface area contributed by atoms with Crippen LogP contribution >= 0.6 is 11.8 Å². The highest BCUT2D eigenvalue weighted by atomic mass is 32.2. The minimum absolute atomic E-state index is 0. The lowest BCUT2D eigenvalue weighted by molar-refractivity contribution is 1.29. The molecular weight excluding hydrogens is 226 g/mol. The van der Waals surface area contributed by atoms with Crippen molar-refractivity contribution in [3.63, 3.8) is 0 Å². The average molecular weight is 245 g/mol. The molecule has 0 aliphatic carbocycles. The quantitative estimate of drug-likeness (QED) is 0.563. The molecule has 0 amide bonds. The van der Waals surface area contributed by atoms with Gasteiger partial charge in [0.2, 0.25) is 0 Å². The summed E-state index contributed by atoms with van der Waals surface area (Å²) >= 11 is 1.83. The van der Waals surface area contributed by atoms with Gasteiger partial charge in [0.1, 0.15) is 0 Å². The zero-order valence-corrected chi connectivity index (χ0v) is 11.3. The second kappa shape index (κ2) is 5.28. The van der Waals surface area contributed by atoms with E-state index in [4.69, 9.17) is 0 Å². The van der Waals surface area contributed by atoms with E-state index in [1.165, 1.54) is 26.7 Å². The highest BCUT2D eigenvalue weighted by molar-refractivity contribution is 7.99. The molecule has 1 N–H and O–H groups in total. The molecule has 3 rings (SSSR count). The van der Waals surface area contributed by atoms with Crippen LogP contribution in [0.4, 0.5) is 11.4 Å². The fourth-order valence-corrected chi connectivity index (χ4v) is 2.72. The van der Waals surface area contributed by atoms with E-state index < -0.39 is 0 Å². The molecule has 0 fully saturated rings. The molecule has 0 atom stereocenters. The second-order valence-electron chi connectivity index (χ2n) is 3.72. The zero-order valence-electron chi connectivity index (χ0n) is 10.4. The van der Waals surface area contributed by atoms with Crippen LogP contribution in [0.3, 0.4) is 0 Å². The first-order valence-electron chi connectivity index (χ1n) is 5.97. The summed E-state index contributed by atoms with van der Waals surface area (Å²) in [4.78, 5) is 2.60. The summed E-state index contributed by atoms with van der Waals surface area (Å²) in [5.41, 5.74) is 3.72. The third-order valence-electron chi connectivity index (χ3n) is 2.51. The number of hydrogen-bond acceptors (Lipinski definition) is 2. The molecule has 1 heterocycles. The van der Waals surface area contributed by atoms with Crippen LogP contribution in [0.1, 0.15) is 20.8 Å². The maximum absolute atomic E-state index is 3.46. The molecule has 0 saturated heterocycles. The van der Waals surface area contributed by atoms with Crippen molar-refractivity contribution in [2.45, 2.75) is 30.6 Å². The molecule has 0 bridgehead atoms. The maximum Gasteiger partial charge on any atom is 0.0529 e. The van der Waals surface area contributed by atoms with Crippen LogP contribution in [0, 0.1) is 6.92 Å². The van der Waals surface area contributed by atoms with Crippen LogP contribution < -0.4 is 5.32 Å². The van der Waals surface area contributed by atoms with Crippen molar-refractivity contribution < 1.29 is 1.43 Å². The van der Waals surface area contributed by atoms with E-state index in [-0.39, 0.29) is 1.43 Å². The van der Waals surface area contributed by atoms with E-state index in [1.54, 1.807) is 0 Å². The lowest BCUT2D eigenvalue weighted by Crippen LogP contribution is -1.99. The van der Waals surface area contributed by atoms with Gasteiger partial charge >= 0.3 is 0 Å². The van der Waals surface area contributed by atoms with Crippen molar-refractivity contribution in [3.8, 4) is 0 Å². The molecule has 0 aromatic heterocycles. The molecule has 0 saturated carbocycles. The van der Waals surface area contributed by atoms with Crippen LogP contribution in [0.25, 0.3) is 0 Å². The minimum atomic E-state index is 0. The molecule has 17 heavy (non-hydrogen) atoms. The molecule has 90 valence electrons. The first kappa shape index (κ1) is 12.1. The summed E-state index contributed by atoms with van der Waals surface area (Å²) in [6, 6.07) is 14.9. The van der Waals surface area contributed by atoms with E-state index in [1.807, 2.05) is 25.6 Å². The number of fused-ring (bicyclic) bond motifs is 2. The van der Waals surface area contributed by atoms with Crippen LogP contribution in [-0.4, -0.2) is 0 Å². The number of para-hydroxylation sites is 1. The summed E-state index contributed by atoms with van der Waals surface area (Å²) < 4.78 is 0. The van der Waals surface area contributed by atoms with Gasteiger partial charge in [-0.05, 0) is 36.8 Å². The summed E-state index contributed by atoms with van der Waals surface area (Å²) in [5, 5.41) is 3.46. The number of nitrogens with one attached hydrogen (secondary N) is 1. The van der Waals surface area contributed by atoms with Gasteiger partial charge in [-0.3, -0.25) is 0 Å². The third kappa shape index (κ3) is 2.47. The molecule has 2 heteroatoms. The van der Waals surface area contributed by atoms with E-state index in [0.29, 0.717) is 0 Å². The molecule has 1 aliphatic heterocycles. The average Bonchev–Trinajstić information content (AvgIpc) is 2.38. The maximum atomic E-state index is 3.46. The molecule has 1 nitrogen and oxygen atoms in total. The van der Waals surface area contributed by atoms with Crippen LogP contribution in [0.15, 0.2) is 52.3 Å². The predicted octanol–water partition coefficient (Wildman–Crippen LogP) is 5.48. The van der Waals surface area contributed by atoms with Gasteiger partial charge in [-0.15, -0.1) is 0 Å². The van der Waals surface area contributed by atoms with Crippen LogP contribution in [-0.2, 0) is 0 Å². The van der Waals surface area contributed by atoms with E-state index in [0.717, 1.165) is 0 Å². The van der Waals surface area contributed by atoms with Gasteiger partial charge in [0.05, 0.1) is 11.4 Å². The number of aryl methyl sites for hydroxylation is 1. The predicted molar refractivity (Wildman–Crippen MR) is 78.5 cm³/mol. The van der Waals surface area contributed by atoms with Crippen molar-refractivity contribution in [1.29, 1.82) is 0 Å². The molecule has 1 aliphatic rings. The molecule has 0 spiro atoms. The molecule has 0 unspecified atom stereocenters. The van der Waals surface area contributed by atoms with Crippen molar-refractivity contribution in [2.75, 3.05) is 5.32 Å². The summed E-state index contributed by atoms with van der Waals surface area (Å²) in [5.74, 6) is 0. The second-order valence-corrected chi connectivity index (χ2v) is 4.81. The van der Waals surface area contributed by atoms with Gasteiger partial charge in [0.25, 0.3) is 0 Å². The Morgan fingerprint density at radius 1 is 0.941 bits per heavy atom. The Labute approximate surface area is 109 Å². The summed E-state index contributed by atoms with van der Waals surface area (Å²) in [7, 11) is 0. The lowest BCUT2D eigenvalue weighted by atomic mass is 10.2. The fraction of sp³-hybridized carbons (Fsp3) is 0.200. The number of benzene rings is 2. The summed E-state index contributed by atoms with van der Waals surface area (Å²) in [6.45, 7) is 6.12. The highest BCUT2D eigenvalue weighted by Gasteiger charge is 2.14. The molecular formula is C15H19NS. The highest BCUT2D eigenvalue weighted by Crippen LogP contribution is 2.43. The fourth-order valence-electron chi connectivity index (χ4n) is 1.75. The number of rotatable bonds is 0. The van der Waals surface area contributed by atoms with Crippen molar-refractivity contribution in [1.82, 2.24) is 0 Å². The van der Waals surface area contributed by atoms with Gasteiger partial charge in [-0.25, -0.2) is 0 Å². The Balaban J connectivity index is 0.000000516. The first-order chi connectivity index (χ1) is 8.33. The Kier molecular flexibility index (Phi) is 3.75. The van der Waals surface area contributed by atoms with E-state index in [2.05, 4.69) is 54.7 Å². The number of hydrogen-bond donors (Lipinski definition) is 1. The zero-order chi connectivity index (χ0) is 12.3. The van der Waals surface area contributed by atoms with Gasteiger partial charge in [-0.1, -0.05) is 43.8 Å². The standard InChI is InChI=1S/C13H11NS.C2H6.H2/c1-9-6-7-13-11(8-9)14-10-4-2-3-5-12(10)15-13;1-2;/h2-8,14H,1H3;1-2H3;1H. The Bertz CT molecular complexity index is 526. The Morgan fingerprint density at radius 2 is 1.65 bits per heavy atom.